The molecule has 0 fully saturated rings. The monoisotopic (exact) mass is 479 g/mol. The Morgan fingerprint density at radius 1 is 1.21 bits per heavy atom. The van der Waals surface area contributed by atoms with Crippen LogP contribution in [0.15, 0.2) is 45.3 Å². The molecule has 2 aromatic heterocycles. The molecule has 1 aliphatic heterocycles. The topological polar surface area (TPSA) is 81.7 Å². The van der Waals surface area contributed by atoms with Gasteiger partial charge in [0, 0.05) is 37.6 Å². The van der Waals surface area contributed by atoms with Crippen LogP contribution in [-0.2, 0) is 16.1 Å². The number of benzene rings is 1. The van der Waals surface area contributed by atoms with Gasteiger partial charge in [0.2, 0.25) is 0 Å². The number of aromatic nitrogens is 3. The van der Waals surface area contributed by atoms with E-state index in [0.717, 1.165) is 34.7 Å². The summed E-state index contributed by atoms with van der Waals surface area (Å²) in [7, 11) is 5.27. The standard InChI is InChI=1S/C25H29N5O3S/c1-8-29-16(4)19(14(2)27-29)13-20-23(31)30-22(17-9-11-18(12-10-17)28(5)6)21(24(32)33-7)15(3)26-25(30)34-20/h9-13,22H,8H2,1-7H3/b20-13+/t22-/m0/s1. The minimum absolute atomic E-state index is 0.192. The summed E-state index contributed by atoms with van der Waals surface area (Å²) >= 11 is 1.32. The summed E-state index contributed by atoms with van der Waals surface area (Å²) < 4.78 is 9.16. The van der Waals surface area contributed by atoms with Gasteiger partial charge >= 0.3 is 5.97 Å². The van der Waals surface area contributed by atoms with E-state index in [9.17, 15) is 9.59 Å². The number of anilines is 1. The first-order valence-corrected chi connectivity index (χ1v) is 11.9. The van der Waals surface area contributed by atoms with Crippen molar-refractivity contribution in [2.45, 2.75) is 40.3 Å². The molecule has 4 rings (SSSR count). The molecule has 0 radical (unpaired) electrons. The van der Waals surface area contributed by atoms with Crippen LogP contribution >= 0.6 is 11.3 Å². The lowest BCUT2D eigenvalue weighted by Crippen LogP contribution is -2.39. The molecule has 9 heteroatoms. The fraction of sp³-hybridized carbons (Fsp3) is 0.360. The number of aryl methyl sites for hydroxylation is 2. The SMILES string of the molecule is CCn1nc(C)c(/C=c2/sc3n(c2=O)[C@@H](c2ccc(N(C)C)cc2)C(C(=O)OC)=C(C)N=3)c1C. The highest BCUT2D eigenvalue weighted by Crippen LogP contribution is 2.31. The molecule has 34 heavy (non-hydrogen) atoms. The smallest absolute Gasteiger partial charge is 0.338 e. The molecule has 0 amide bonds. The lowest BCUT2D eigenvalue weighted by atomic mass is 9.95. The summed E-state index contributed by atoms with van der Waals surface area (Å²) in [6.07, 6.45) is 1.89. The van der Waals surface area contributed by atoms with Crippen molar-refractivity contribution in [1.29, 1.82) is 0 Å². The van der Waals surface area contributed by atoms with Gasteiger partial charge in [0.15, 0.2) is 4.80 Å². The Kier molecular flexibility index (Phi) is 6.31. The number of ether oxygens (including phenoxy) is 1. The summed E-state index contributed by atoms with van der Waals surface area (Å²) in [5.41, 5.74) is 5.37. The Morgan fingerprint density at radius 2 is 1.88 bits per heavy atom. The maximum Gasteiger partial charge on any atom is 0.338 e. The molecule has 0 unspecified atom stereocenters. The highest BCUT2D eigenvalue weighted by Gasteiger charge is 2.33. The van der Waals surface area contributed by atoms with Gasteiger partial charge in [-0.05, 0) is 51.5 Å². The van der Waals surface area contributed by atoms with Crippen molar-refractivity contribution >= 4 is 29.1 Å². The zero-order valence-corrected chi connectivity index (χ0v) is 21.4. The molecule has 1 atom stereocenters. The second-order valence-electron chi connectivity index (χ2n) is 8.46. The first-order valence-electron chi connectivity index (χ1n) is 11.1. The van der Waals surface area contributed by atoms with Crippen LogP contribution in [0.5, 0.6) is 0 Å². The van der Waals surface area contributed by atoms with Crippen molar-refractivity contribution in [1.82, 2.24) is 14.3 Å². The Balaban J connectivity index is 1.96. The number of carbonyl (C=O) groups is 1. The molecule has 178 valence electrons. The predicted molar refractivity (Wildman–Crippen MR) is 134 cm³/mol. The molecule has 3 aromatic rings. The van der Waals surface area contributed by atoms with E-state index in [-0.39, 0.29) is 5.56 Å². The van der Waals surface area contributed by atoms with E-state index in [4.69, 9.17) is 4.74 Å². The minimum Gasteiger partial charge on any atom is -0.466 e. The van der Waals surface area contributed by atoms with Gasteiger partial charge in [-0.25, -0.2) is 9.79 Å². The van der Waals surface area contributed by atoms with Crippen LogP contribution < -0.4 is 19.8 Å². The Hall–Kier alpha value is -3.46. The Labute approximate surface area is 202 Å². The summed E-state index contributed by atoms with van der Waals surface area (Å²) in [6.45, 7) is 8.52. The minimum atomic E-state index is -0.623. The van der Waals surface area contributed by atoms with Crippen molar-refractivity contribution in [3.05, 3.63) is 77.7 Å². The normalized spacial score (nSPS) is 15.9. The molecule has 0 bridgehead atoms. The zero-order chi connectivity index (χ0) is 24.7. The molecular weight excluding hydrogens is 450 g/mol. The van der Waals surface area contributed by atoms with E-state index in [2.05, 4.69) is 10.1 Å². The molecule has 1 aliphatic rings. The fourth-order valence-corrected chi connectivity index (χ4v) is 5.35. The van der Waals surface area contributed by atoms with E-state index >= 15 is 0 Å². The van der Waals surface area contributed by atoms with E-state index in [1.54, 1.807) is 11.5 Å². The van der Waals surface area contributed by atoms with Gasteiger partial charge in [0.25, 0.3) is 5.56 Å². The summed E-state index contributed by atoms with van der Waals surface area (Å²) in [4.78, 5) is 33.7. The van der Waals surface area contributed by atoms with Crippen molar-refractivity contribution in [2.75, 3.05) is 26.1 Å². The summed E-state index contributed by atoms with van der Waals surface area (Å²) in [6, 6.07) is 7.21. The van der Waals surface area contributed by atoms with Crippen molar-refractivity contribution in [2.24, 2.45) is 4.99 Å². The van der Waals surface area contributed by atoms with E-state index in [0.29, 0.717) is 20.6 Å². The second-order valence-corrected chi connectivity index (χ2v) is 9.47. The van der Waals surface area contributed by atoms with Gasteiger partial charge in [0.1, 0.15) is 0 Å². The van der Waals surface area contributed by atoms with Gasteiger partial charge in [-0.15, -0.1) is 0 Å². The summed E-state index contributed by atoms with van der Waals surface area (Å²) in [5, 5.41) is 4.56. The first kappa shape index (κ1) is 23.7. The van der Waals surface area contributed by atoms with Crippen LogP contribution in [0.25, 0.3) is 6.08 Å². The van der Waals surface area contributed by atoms with E-state index in [1.165, 1.54) is 18.4 Å². The number of carbonyl (C=O) groups excluding carboxylic acids is 1. The molecule has 0 spiro atoms. The average Bonchev–Trinajstić information content (AvgIpc) is 3.27. The number of esters is 1. The molecule has 0 saturated carbocycles. The van der Waals surface area contributed by atoms with Crippen LogP contribution in [-0.4, -0.2) is 41.5 Å². The number of thiazole rings is 1. The van der Waals surface area contributed by atoms with Gasteiger partial charge in [-0.2, -0.15) is 5.10 Å². The molecule has 8 nitrogen and oxygen atoms in total. The highest BCUT2D eigenvalue weighted by molar-refractivity contribution is 7.07. The molecule has 1 aromatic carbocycles. The highest BCUT2D eigenvalue weighted by atomic mass is 32.1. The van der Waals surface area contributed by atoms with Crippen LogP contribution in [0.3, 0.4) is 0 Å². The Bertz CT molecular complexity index is 1470. The number of allylic oxidation sites excluding steroid dienone is 1. The number of fused-ring (bicyclic) bond motifs is 1. The molecule has 0 aliphatic carbocycles. The van der Waals surface area contributed by atoms with Crippen molar-refractivity contribution in [3.8, 4) is 0 Å². The van der Waals surface area contributed by atoms with Crippen molar-refractivity contribution < 1.29 is 9.53 Å². The van der Waals surface area contributed by atoms with Gasteiger partial charge < -0.3 is 9.64 Å². The average molecular weight is 480 g/mol. The van der Waals surface area contributed by atoms with Crippen molar-refractivity contribution in [3.63, 3.8) is 0 Å². The first-order chi connectivity index (χ1) is 16.2. The number of rotatable bonds is 5. The molecule has 0 saturated heterocycles. The van der Waals surface area contributed by atoms with Gasteiger partial charge in [-0.3, -0.25) is 14.0 Å². The lowest BCUT2D eigenvalue weighted by molar-refractivity contribution is -0.136. The van der Waals surface area contributed by atoms with Gasteiger partial charge in [-0.1, -0.05) is 23.5 Å². The Morgan fingerprint density at radius 3 is 2.44 bits per heavy atom. The second kappa shape index (κ2) is 9.06. The third-order valence-corrected chi connectivity index (χ3v) is 7.15. The zero-order valence-electron chi connectivity index (χ0n) is 20.5. The summed E-state index contributed by atoms with van der Waals surface area (Å²) in [5.74, 6) is -0.492. The fourth-order valence-electron chi connectivity index (χ4n) is 4.32. The quantitative estimate of drug-likeness (QED) is 0.525. The van der Waals surface area contributed by atoms with Crippen LogP contribution in [0.4, 0.5) is 5.69 Å². The third-order valence-electron chi connectivity index (χ3n) is 6.16. The van der Waals surface area contributed by atoms with E-state index < -0.39 is 12.0 Å². The van der Waals surface area contributed by atoms with E-state index in [1.807, 2.05) is 74.8 Å². The predicted octanol–water partition coefficient (Wildman–Crippen LogP) is 2.31. The molecular formula is C25H29N5O3S. The van der Waals surface area contributed by atoms with Crippen LogP contribution in [0.2, 0.25) is 0 Å². The number of hydrogen-bond acceptors (Lipinski definition) is 7. The molecule has 3 heterocycles. The number of nitrogens with zero attached hydrogens (tertiary/aromatic N) is 5. The lowest BCUT2D eigenvalue weighted by Gasteiger charge is -2.25. The maximum absolute atomic E-state index is 13.7. The van der Waals surface area contributed by atoms with Crippen LogP contribution in [0.1, 0.15) is 42.4 Å². The number of methoxy groups -OCH3 is 1. The third kappa shape index (κ3) is 3.90. The maximum atomic E-state index is 13.7. The van der Waals surface area contributed by atoms with Crippen LogP contribution in [0, 0.1) is 13.8 Å². The largest absolute Gasteiger partial charge is 0.466 e. The van der Waals surface area contributed by atoms with Gasteiger partial charge in [0.05, 0.1) is 34.6 Å². The number of hydrogen-bond donors (Lipinski definition) is 0. The molecule has 0 N–H and O–H groups in total.